The molecule has 0 saturated carbocycles. The van der Waals surface area contributed by atoms with Crippen LogP contribution < -0.4 is 0 Å². The van der Waals surface area contributed by atoms with Crippen LogP contribution in [0.1, 0.15) is 25.1 Å². The average Bonchev–Trinajstić information content (AvgIpc) is 2.24. The van der Waals surface area contributed by atoms with Crippen LogP contribution >= 0.6 is 11.6 Å². The van der Waals surface area contributed by atoms with Crippen LogP contribution in [-0.2, 0) is 11.3 Å². The highest BCUT2D eigenvalue weighted by Crippen LogP contribution is 2.08. The predicted molar refractivity (Wildman–Crippen MR) is 61.6 cm³/mol. The molecule has 0 radical (unpaired) electrons. The van der Waals surface area contributed by atoms with Crippen LogP contribution in [0.2, 0.25) is 5.28 Å². The van der Waals surface area contributed by atoms with Gasteiger partial charge in [0, 0.05) is 17.5 Å². The normalized spacial score (nSPS) is 8.73. The van der Waals surface area contributed by atoms with Gasteiger partial charge in [-0.3, -0.25) is 0 Å². The molecule has 1 rings (SSSR count). The number of aryl methyl sites for hydroxylation is 1. The van der Waals surface area contributed by atoms with Gasteiger partial charge in [0.05, 0.1) is 6.61 Å². The molecule has 3 nitrogen and oxygen atoms in total. The molecule has 0 fully saturated rings. The fourth-order valence-corrected chi connectivity index (χ4v) is 1.00. The van der Waals surface area contributed by atoms with Gasteiger partial charge in [-0.1, -0.05) is 19.8 Å². The van der Waals surface area contributed by atoms with Crippen LogP contribution in [-0.4, -0.2) is 16.6 Å². The summed E-state index contributed by atoms with van der Waals surface area (Å²) in [4.78, 5) is 7.82. The minimum absolute atomic E-state index is 0.248. The number of aromatic nitrogens is 2. The molecule has 1 heterocycles. The lowest BCUT2D eigenvalue weighted by Crippen LogP contribution is -1.99. The summed E-state index contributed by atoms with van der Waals surface area (Å²) in [6.07, 6.45) is 6.67. The van der Waals surface area contributed by atoms with E-state index in [0.29, 0.717) is 13.2 Å². The van der Waals surface area contributed by atoms with Crippen LogP contribution in [0, 0.1) is 19.3 Å². The van der Waals surface area contributed by atoms with Crippen LogP contribution in [0.3, 0.4) is 0 Å². The first kappa shape index (κ1) is 13.9. The van der Waals surface area contributed by atoms with Crippen LogP contribution in [0.15, 0.2) is 6.20 Å². The Morgan fingerprint density at radius 3 is 2.73 bits per heavy atom. The van der Waals surface area contributed by atoms with Gasteiger partial charge >= 0.3 is 0 Å². The molecule has 1 aromatic heterocycles. The number of hydrogen-bond acceptors (Lipinski definition) is 3. The molecule has 0 aromatic carbocycles. The number of hydrogen-bond donors (Lipinski definition) is 0. The summed E-state index contributed by atoms with van der Waals surface area (Å²) in [6.45, 7) is 6.57. The van der Waals surface area contributed by atoms with Crippen LogP contribution in [0.4, 0.5) is 0 Å². The molecule has 0 aliphatic carbocycles. The first-order chi connectivity index (χ1) is 7.24. The van der Waals surface area contributed by atoms with E-state index in [1.54, 1.807) is 6.20 Å². The van der Waals surface area contributed by atoms with Crippen LogP contribution in [0.5, 0.6) is 0 Å². The minimum Gasteiger partial charge on any atom is -0.364 e. The average molecular weight is 227 g/mol. The van der Waals surface area contributed by atoms with Gasteiger partial charge < -0.3 is 4.74 Å². The Morgan fingerprint density at radius 1 is 1.53 bits per heavy atom. The zero-order valence-corrected chi connectivity index (χ0v) is 10.0. The Kier molecular flexibility index (Phi) is 7.61. The zero-order valence-electron chi connectivity index (χ0n) is 9.25. The summed E-state index contributed by atoms with van der Waals surface area (Å²) in [7, 11) is 0. The van der Waals surface area contributed by atoms with Crippen molar-refractivity contribution in [2.75, 3.05) is 6.61 Å². The first-order valence-corrected chi connectivity index (χ1v) is 5.11. The second-order valence-electron chi connectivity index (χ2n) is 2.45. The van der Waals surface area contributed by atoms with Crippen molar-refractivity contribution in [2.45, 2.75) is 27.4 Å². The topological polar surface area (TPSA) is 35.0 Å². The van der Waals surface area contributed by atoms with E-state index in [-0.39, 0.29) is 5.28 Å². The summed E-state index contributed by atoms with van der Waals surface area (Å²) in [5.41, 5.74) is 1.72. The summed E-state index contributed by atoms with van der Waals surface area (Å²) in [5, 5.41) is 0.248. The smallest absolute Gasteiger partial charge is 0.222 e. The summed E-state index contributed by atoms with van der Waals surface area (Å²) < 4.78 is 5.13. The summed E-state index contributed by atoms with van der Waals surface area (Å²) >= 11 is 5.58. The second-order valence-corrected chi connectivity index (χ2v) is 2.78. The highest BCUT2D eigenvalue weighted by Gasteiger charge is 2.00. The van der Waals surface area contributed by atoms with E-state index >= 15 is 0 Å². The van der Waals surface area contributed by atoms with Gasteiger partial charge in [0.1, 0.15) is 6.61 Å². The molecular formula is C11H15ClN2O. The zero-order chi connectivity index (χ0) is 11.7. The number of halogens is 1. The Balaban J connectivity index is 0.000000921. The Bertz CT molecular complexity index is 334. The third kappa shape index (κ3) is 5.36. The molecule has 15 heavy (non-hydrogen) atoms. The largest absolute Gasteiger partial charge is 0.364 e. The van der Waals surface area contributed by atoms with Gasteiger partial charge in [-0.15, -0.1) is 6.42 Å². The van der Waals surface area contributed by atoms with Gasteiger partial charge in [-0.05, 0) is 18.5 Å². The van der Waals surface area contributed by atoms with Crippen molar-refractivity contribution in [1.29, 1.82) is 0 Å². The third-order valence-electron chi connectivity index (χ3n) is 1.49. The van der Waals surface area contributed by atoms with E-state index in [1.165, 1.54) is 0 Å². The maximum Gasteiger partial charge on any atom is 0.222 e. The Morgan fingerprint density at radius 2 is 2.20 bits per heavy atom. The van der Waals surface area contributed by atoms with E-state index in [0.717, 1.165) is 11.3 Å². The lowest BCUT2D eigenvalue weighted by atomic mass is 10.3. The van der Waals surface area contributed by atoms with Gasteiger partial charge in [0.25, 0.3) is 0 Å². The number of rotatable bonds is 3. The molecule has 0 N–H and O–H groups in total. The maximum atomic E-state index is 5.58. The number of nitrogens with zero attached hydrogens (tertiary/aromatic N) is 2. The number of ether oxygens (including phenoxy) is 1. The fraction of sp³-hybridized carbons (Fsp3) is 0.455. The molecule has 0 aliphatic heterocycles. The Labute approximate surface area is 95.8 Å². The van der Waals surface area contributed by atoms with Gasteiger partial charge in [0.15, 0.2) is 0 Å². The predicted octanol–water partition coefficient (Wildman–Crippen LogP) is 2.61. The van der Waals surface area contributed by atoms with Crippen molar-refractivity contribution in [3.05, 3.63) is 22.7 Å². The quantitative estimate of drug-likeness (QED) is 0.452. The Hall–Kier alpha value is -1.11. The van der Waals surface area contributed by atoms with Crippen molar-refractivity contribution in [2.24, 2.45) is 0 Å². The minimum atomic E-state index is 0.248. The third-order valence-corrected chi connectivity index (χ3v) is 1.68. The lowest BCUT2D eigenvalue weighted by Gasteiger charge is -2.03. The van der Waals surface area contributed by atoms with E-state index in [1.807, 2.05) is 20.8 Å². The molecule has 1 aromatic rings. The molecule has 0 amide bonds. The molecule has 0 aliphatic rings. The molecule has 0 spiro atoms. The second kappa shape index (κ2) is 8.22. The highest BCUT2D eigenvalue weighted by atomic mass is 35.5. The van der Waals surface area contributed by atoms with Crippen molar-refractivity contribution >= 4 is 11.6 Å². The summed E-state index contributed by atoms with van der Waals surface area (Å²) in [6, 6.07) is 0. The fourth-order valence-electron chi connectivity index (χ4n) is 0.825. The number of terminal acetylenes is 1. The van der Waals surface area contributed by atoms with Crippen molar-refractivity contribution < 1.29 is 4.74 Å². The van der Waals surface area contributed by atoms with Gasteiger partial charge in [0.2, 0.25) is 5.28 Å². The standard InChI is InChI=1S/C9H9ClN2O.C2H6/c1-3-4-13-6-8-5-11-9(10)12-7(8)2;1-2/h1,5H,4,6H2,2H3;1-2H3. The first-order valence-electron chi connectivity index (χ1n) is 4.73. The molecule has 0 unspecified atom stereocenters. The van der Waals surface area contributed by atoms with Gasteiger partial charge in [-0.2, -0.15) is 0 Å². The lowest BCUT2D eigenvalue weighted by molar-refractivity contribution is 0.152. The highest BCUT2D eigenvalue weighted by molar-refractivity contribution is 6.28. The van der Waals surface area contributed by atoms with Crippen molar-refractivity contribution in [3.63, 3.8) is 0 Å². The molecule has 0 saturated heterocycles. The monoisotopic (exact) mass is 226 g/mol. The SMILES string of the molecule is C#CCOCc1cnc(Cl)nc1C.CC. The summed E-state index contributed by atoms with van der Waals surface area (Å²) in [5.74, 6) is 2.38. The molecule has 0 bridgehead atoms. The molecule has 4 heteroatoms. The van der Waals surface area contributed by atoms with Crippen molar-refractivity contribution in [1.82, 2.24) is 9.97 Å². The van der Waals surface area contributed by atoms with E-state index in [9.17, 15) is 0 Å². The van der Waals surface area contributed by atoms with E-state index in [2.05, 4.69) is 15.9 Å². The van der Waals surface area contributed by atoms with Crippen molar-refractivity contribution in [3.8, 4) is 12.3 Å². The van der Waals surface area contributed by atoms with Gasteiger partial charge in [-0.25, -0.2) is 9.97 Å². The molecule has 0 atom stereocenters. The van der Waals surface area contributed by atoms with Crippen LogP contribution in [0.25, 0.3) is 0 Å². The van der Waals surface area contributed by atoms with E-state index < -0.39 is 0 Å². The molecular weight excluding hydrogens is 212 g/mol. The van der Waals surface area contributed by atoms with E-state index in [4.69, 9.17) is 22.8 Å². The maximum absolute atomic E-state index is 5.58. The molecule has 82 valence electrons.